The van der Waals surface area contributed by atoms with E-state index in [1.54, 1.807) is 0 Å². The number of ether oxygens (including phenoxy) is 1. The van der Waals surface area contributed by atoms with Gasteiger partial charge >= 0.3 is 0 Å². The molecule has 5 unspecified atom stereocenters. The van der Waals surface area contributed by atoms with Crippen molar-refractivity contribution in [2.45, 2.75) is 105 Å². The van der Waals surface area contributed by atoms with Crippen molar-refractivity contribution in [1.82, 2.24) is 21.3 Å². The number of hydrogen-bond donors (Lipinski definition) is 5. The zero-order valence-corrected chi connectivity index (χ0v) is 19.8. The first-order chi connectivity index (χ1) is 16.1. The molecule has 5 rings (SSSR count). The van der Waals surface area contributed by atoms with E-state index < -0.39 is 47.2 Å². The maximum Gasteiger partial charge on any atom is 0.254 e. The summed E-state index contributed by atoms with van der Waals surface area (Å²) < 4.78 is 45.0. The van der Waals surface area contributed by atoms with Gasteiger partial charge in [0.15, 0.2) is 0 Å². The number of aliphatic hydroxyl groups is 1. The minimum Gasteiger partial charge on any atom is -0.391 e. The molecule has 8 nitrogen and oxygen atoms in total. The largest absolute Gasteiger partial charge is 0.391 e. The molecule has 5 N–H and O–H groups in total. The molecular weight excluding hydrogens is 477 g/mol. The third kappa shape index (κ3) is 5.64. The van der Waals surface area contributed by atoms with Gasteiger partial charge in [0, 0.05) is 25.0 Å². The predicted molar refractivity (Wildman–Crippen MR) is 119 cm³/mol. The number of amides is 2. The second-order valence-corrected chi connectivity index (χ2v) is 10.8. The van der Waals surface area contributed by atoms with Crippen LogP contribution in [0.25, 0.3) is 0 Å². The first-order valence-corrected chi connectivity index (χ1v) is 12.5. The summed E-state index contributed by atoms with van der Waals surface area (Å²) in [6, 6.07) is -1.64. The van der Waals surface area contributed by atoms with Crippen LogP contribution in [0.1, 0.15) is 51.4 Å². The number of piperazine rings is 1. The summed E-state index contributed by atoms with van der Waals surface area (Å²) in [5, 5.41) is 21.9. The fourth-order valence-corrected chi connectivity index (χ4v) is 5.99. The molecule has 0 radical (unpaired) electrons. The van der Waals surface area contributed by atoms with Gasteiger partial charge in [-0.15, -0.1) is 11.6 Å². The van der Waals surface area contributed by atoms with Crippen molar-refractivity contribution in [2.75, 3.05) is 19.7 Å². The lowest BCUT2D eigenvalue weighted by atomic mass is 9.59. The Morgan fingerprint density at radius 3 is 2.44 bits per heavy atom. The van der Waals surface area contributed by atoms with Crippen molar-refractivity contribution in [3.05, 3.63) is 0 Å². The highest BCUT2D eigenvalue weighted by atomic mass is 35.5. The van der Waals surface area contributed by atoms with Crippen molar-refractivity contribution >= 4 is 23.4 Å². The van der Waals surface area contributed by atoms with Crippen LogP contribution in [0.4, 0.5) is 13.2 Å². The molecule has 194 valence electrons. The monoisotopic (exact) mass is 510 g/mol. The van der Waals surface area contributed by atoms with Crippen LogP contribution in [0.3, 0.4) is 0 Å². The lowest BCUT2D eigenvalue weighted by molar-refractivity contribution is -0.140. The van der Waals surface area contributed by atoms with Gasteiger partial charge in [0.05, 0.1) is 35.2 Å². The van der Waals surface area contributed by atoms with E-state index in [2.05, 4.69) is 21.3 Å². The van der Waals surface area contributed by atoms with Gasteiger partial charge in [0.25, 0.3) is 6.43 Å². The van der Waals surface area contributed by atoms with Gasteiger partial charge in [0.1, 0.15) is 12.8 Å². The average Bonchev–Trinajstić information content (AvgIpc) is 2.81. The van der Waals surface area contributed by atoms with Gasteiger partial charge in [0.2, 0.25) is 11.8 Å². The Labute approximate surface area is 202 Å². The van der Waals surface area contributed by atoms with E-state index in [9.17, 15) is 27.9 Å². The molecule has 2 amide bonds. The first-order valence-electron chi connectivity index (χ1n) is 12.1. The zero-order valence-electron chi connectivity index (χ0n) is 19.0. The van der Waals surface area contributed by atoms with Crippen LogP contribution in [0.2, 0.25) is 0 Å². The van der Waals surface area contributed by atoms with Crippen LogP contribution in [0.5, 0.6) is 0 Å². The summed E-state index contributed by atoms with van der Waals surface area (Å²) in [6.45, 7) is -0.103. The maximum absolute atomic E-state index is 13.8. The third-order valence-corrected chi connectivity index (χ3v) is 8.47. The Bertz CT molecular complexity index is 748. The van der Waals surface area contributed by atoms with Gasteiger partial charge in [-0.1, -0.05) is 0 Å². The Morgan fingerprint density at radius 1 is 1.12 bits per heavy atom. The van der Waals surface area contributed by atoms with E-state index in [0.29, 0.717) is 44.9 Å². The fraction of sp³-hybridized carbons (Fsp3) is 0.909. The average molecular weight is 511 g/mol. The van der Waals surface area contributed by atoms with Gasteiger partial charge < -0.3 is 31.1 Å². The molecule has 5 aliphatic rings. The van der Waals surface area contributed by atoms with E-state index in [1.165, 1.54) is 0 Å². The molecule has 0 aromatic carbocycles. The maximum atomic E-state index is 13.8. The Kier molecular flexibility index (Phi) is 7.98. The van der Waals surface area contributed by atoms with Crippen molar-refractivity contribution in [2.24, 2.45) is 0 Å². The van der Waals surface area contributed by atoms with Crippen LogP contribution in [0.15, 0.2) is 0 Å². The van der Waals surface area contributed by atoms with Crippen LogP contribution in [-0.2, 0) is 14.3 Å². The summed E-state index contributed by atoms with van der Waals surface area (Å²) in [5.74, 6) is -0.635. The molecule has 6 atom stereocenters. The van der Waals surface area contributed by atoms with Crippen molar-refractivity contribution in [3.63, 3.8) is 0 Å². The number of halogens is 4. The molecule has 2 bridgehead atoms. The SMILES string of the molecule is O=C(COC1CCC(Cl)C(F)C1)NC12CCC(NC(=O)C3CNC(C(F)F)CN3)(CC1)[C@H](O)C2. The smallest absolute Gasteiger partial charge is 0.254 e. The Morgan fingerprint density at radius 2 is 1.85 bits per heavy atom. The fourth-order valence-electron chi connectivity index (χ4n) is 5.76. The minimum absolute atomic E-state index is 0.0121. The van der Waals surface area contributed by atoms with Gasteiger partial charge in [-0.3, -0.25) is 9.59 Å². The van der Waals surface area contributed by atoms with Crippen LogP contribution >= 0.6 is 11.6 Å². The Hall–Kier alpha value is -1.14. The molecule has 0 aromatic heterocycles. The van der Waals surface area contributed by atoms with Crippen LogP contribution in [-0.4, -0.2) is 90.0 Å². The molecule has 0 spiro atoms. The number of rotatable bonds is 7. The molecular formula is C22H34ClF3N4O4. The normalized spacial score (nSPS) is 42.4. The quantitative estimate of drug-likeness (QED) is 0.323. The van der Waals surface area contributed by atoms with Crippen molar-refractivity contribution in [1.29, 1.82) is 0 Å². The highest BCUT2D eigenvalue weighted by molar-refractivity contribution is 6.21. The summed E-state index contributed by atoms with van der Waals surface area (Å²) in [5.41, 5.74) is -1.37. The van der Waals surface area contributed by atoms with Crippen molar-refractivity contribution < 1.29 is 32.6 Å². The lowest BCUT2D eigenvalue weighted by Crippen LogP contribution is -2.72. The number of carbonyl (C=O) groups excluding carboxylic acids is 2. The number of aliphatic hydroxyl groups excluding tert-OH is 1. The number of carbonyl (C=O) groups is 2. The van der Waals surface area contributed by atoms with E-state index >= 15 is 0 Å². The Balaban J connectivity index is 1.24. The van der Waals surface area contributed by atoms with E-state index in [-0.39, 0.29) is 44.0 Å². The number of nitrogens with one attached hydrogen (secondary N) is 4. The van der Waals surface area contributed by atoms with Crippen molar-refractivity contribution in [3.8, 4) is 0 Å². The molecule has 1 aliphatic heterocycles. The van der Waals surface area contributed by atoms with Gasteiger partial charge in [-0.05, 0) is 44.9 Å². The first kappa shape index (κ1) is 25.9. The highest BCUT2D eigenvalue weighted by Gasteiger charge is 2.55. The predicted octanol–water partition coefficient (Wildman–Crippen LogP) is 0.745. The summed E-state index contributed by atoms with van der Waals surface area (Å²) in [7, 11) is 0. The standard InChI is InChI=1S/C22H34ClF3N4O4/c23-13-2-1-12(7-14(13)24)34-11-18(32)29-21-3-5-22(6-4-21,17(31)8-21)30-20(33)16-10-27-15(9-28-16)19(25)26/h12-17,19,27-28,31H,1-11H2,(H,29,32)(H,30,33)/t12?,13?,14?,15?,16?,17-,21?,22?/m1/s1. The molecule has 0 aromatic rings. The number of hydrogen-bond acceptors (Lipinski definition) is 6. The second-order valence-electron chi connectivity index (χ2n) is 10.3. The summed E-state index contributed by atoms with van der Waals surface area (Å²) in [6.07, 6.45) is -1.07. The molecule has 34 heavy (non-hydrogen) atoms. The molecule has 4 aliphatic carbocycles. The third-order valence-electron chi connectivity index (χ3n) is 7.98. The summed E-state index contributed by atoms with van der Waals surface area (Å²) >= 11 is 5.89. The van der Waals surface area contributed by atoms with Gasteiger partial charge in [-0.25, -0.2) is 13.2 Å². The number of alkyl halides is 4. The van der Waals surface area contributed by atoms with Crippen LogP contribution in [0, 0.1) is 0 Å². The molecule has 1 heterocycles. The second kappa shape index (κ2) is 10.5. The van der Waals surface area contributed by atoms with E-state index in [1.807, 2.05) is 0 Å². The summed E-state index contributed by atoms with van der Waals surface area (Å²) in [4.78, 5) is 25.3. The molecule has 4 saturated carbocycles. The molecule has 1 saturated heterocycles. The van der Waals surface area contributed by atoms with E-state index in [0.717, 1.165) is 0 Å². The minimum atomic E-state index is -2.51. The zero-order chi connectivity index (χ0) is 24.5. The molecule has 12 heteroatoms. The van der Waals surface area contributed by atoms with E-state index in [4.69, 9.17) is 16.3 Å². The molecule has 5 fully saturated rings. The lowest BCUT2D eigenvalue weighted by Gasteiger charge is -2.56. The van der Waals surface area contributed by atoms with Crippen LogP contribution < -0.4 is 21.3 Å². The number of fused-ring (bicyclic) bond motifs is 3. The topological polar surface area (TPSA) is 112 Å². The highest BCUT2D eigenvalue weighted by Crippen LogP contribution is 2.47. The van der Waals surface area contributed by atoms with Gasteiger partial charge in [-0.2, -0.15) is 0 Å².